The van der Waals surface area contributed by atoms with Crippen molar-refractivity contribution in [3.05, 3.63) is 35.2 Å². The van der Waals surface area contributed by atoms with Gasteiger partial charge in [-0.05, 0) is 43.9 Å². The Balaban J connectivity index is 1.67. The number of nitrogens with one attached hydrogen (secondary N) is 1. The molecule has 3 rings (SSSR count). The predicted molar refractivity (Wildman–Crippen MR) is 109 cm³/mol. The Morgan fingerprint density at radius 2 is 2.07 bits per heavy atom. The Labute approximate surface area is 168 Å². The average Bonchev–Trinajstić information content (AvgIpc) is 2.92. The molecule has 2 aromatic heterocycles. The highest BCUT2D eigenvalue weighted by Crippen LogP contribution is 2.26. The van der Waals surface area contributed by atoms with E-state index in [2.05, 4.69) is 19.6 Å². The van der Waals surface area contributed by atoms with Gasteiger partial charge in [-0.3, -0.25) is 4.79 Å². The van der Waals surface area contributed by atoms with Crippen LogP contribution in [0.15, 0.2) is 18.3 Å². The van der Waals surface area contributed by atoms with Crippen LogP contribution in [0, 0.1) is 6.92 Å². The number of aromatic nitrogens is 2. The number of ether oxygens (including phenoxy) is 1. The lowest BCUT2D eigenvalue weighted by molar-refractivity contribution is 0.0525. The molecule has 1 fully saturated rings. The minimum absolute atomic E-state index is 0.0167. The number of rotatable bonds is 5. The lowest BCUT2D eigenvalue weighted by Gasteiger charge is -2.23. The fourth-order valence-electron chi connectivity index (χ4n) is 3.21. The summed E-state index contributed by atoms with van der Waals surface area (Å²) in [5, 5.41) is 3.87. The molecule has 0 saturated carbocycles. The first-order valence-corrected chi connectivity index (χ1v) is 10.1. The highest BCUT2D eigenvalue weighted by Gasteiger charge is 2.25. The summed E-state index contributed by atoms with van der Waals surface area (Å²) in [7, 11) is 1.81. The molecule has 1 saturated heterocycles. The summed E-state index contributed by atoms with van der Waals surface area (Å²) >= 11 is 1.31. The molecule has 1 aliphatic rings. The van der Waals surface area contributed by atoms with E-state index in [0.717, 1.165) is 29.5 Å². The molecule has 0 atom stereocenters. The van der Waals surface area contributed by atoms with Gasteiger partial charge in [0.1, 0.15) is 10.8 Å². The SMILES string of the molecule is CCOC(=O)c1ccc(N2CCCN(C(=O)c3c(C)nsc3NC)CC2)nc1. The number of esters is 1. The Morgan fingerprint density at radius 1 is 1.25 bits per heavy atom. The van der Waals surface area contributed by atoms with Gasteiger partial charge in [-0.2, -0.15) is 4.37 Å². The summed E-state index contributed by atoms with van der Waals surface area (Å²) in [6, 6.07) is 3.56. The summed E-state index contributed by atoms with van der Waals surface area (Å²) in [4.78, 5) is 33.2. The minimum atomic E-state index is -0.366. The average molecular weight is 404 g/mol. The molecule has 0 aromatic carbocycles. The fraction of sp³-hybridized carbons (Fsp3) is 0.474. The van der Waals surface area contributed by atoms with E-state index < -0.39 is 0 Å². The zero-order valence-electron chi connectivity index (χ0n) is 16.4. The van der Waals surface area contributed by atoms with Gasteiger partial charge in [0.05, 0.1) is 23.4 Å². The Bertz CT molecular complexity index is 837. The van der Waals surface area contributed by atoms with Crippen LogP contribution in [-0.2, 0) is 4.74 Å². The van der Waals surface area contributed by atoms with Gasteiger partial charge in [-0.25, -0.2) is 9.78 Å². The Kier molecular flexibility index (Phi) is 6.45. The van der Waals surface area contributed by atoms with Crippen LogP contribution in [0.3, 0.4) is 0 Å². The van der Waals surface area contributed by atoms with Crippen LogP contribution in [0.5, 0.6) is 0 Å². The van der Waals surface area contributed by atoms with E-state index in [0.29, 0.717) is 37.4 Å². The smallest absolute Gasteiger partial charge is 0.339 e. The third-order valence-corrected chi connectivity index (χ3v) is 5.63. The molecular weight excluding hydrogens is 378 g/mol. The van der Waals surface area contributed by atoms with E-state index in [1.165, 1.54) is 11.5 Å². The third-order valence-electron chi connectivity index (χ3n) is 4.67. The molecule has 0 radical (unpaired) electrons. The van der Waals surface area contributed by atoms with E-state index in [1.54, 1.807) is 26.2 Å². The van der Waals surface area contributed by atoms with E-state index in [4.69, 9.17) is 4.74 Å². The highest BCUT2D eigenvalue weighted by molar-refractivity contribution is 7.10. The molecule has 3 heterocycles. The molecule has 8 nitrogen and oxygen atoms in total. The maximum atomic E-state index is 13.0. The first-order valence-electron chi connectivity index (χ1n) is 9.36. The first-order chi connectivity index (χ1) is 13.5. The van der Waals surface area contributed by atoms with Gasteiger partial charge in [-0.15, -0.1) is 0 Å². The Hall–Kier alpha value is -2.68. The van der Waals surface area contributed by atoms with Crippen LogP contribution >= 0.6 is 11.5 Å². The largest absolute Gasteiger partial charge is 0.462 e. The van der Waals surface area contributed by atoms with Gasteiger partial charge in [0.2, 0.25) is 0 Å². The summed E-state index contributed by atoms with van der Waals surface area (Å²) in [5.41, 5.74) is 1.87. The molecule has 28 heavy (non-hydrogen) atoms. The number of carbonyl (C=O) groups excluding carboxylic acids is 2. The quantitative estimate of drug-likeness (QED) is 0.767. The summed E-state index contributed by atoms with van der Waals surface area (Å²) in [6.07, 6.45) is 2.39. The maximum Gasteiger partial charge on any atom is 0.339 e. The third kappa shape index (κ3) is 4.24. The van der Waals surface area contributed by atoms with Crippen LogP contribution in [0.25, 0.3) is 0 Å². The predicted octanol–water partition coefficient (Wildman–Crippen LogP) is 2.42. The molecule has 0 aliphatic carbocycles. The van der Waals surface area contributed by atoms with E-state index in [1.807, 2.05) is 17.9 Å². The maximum absolute atomic E-state index is 13.0. The van der Waals surface area contributed by atoms with E-state index >= 15 is 0 Å². The van der Waals surface area contributed by atoms with Crippen LogP contribution in [0.2, 0.25) is 0 Å². The number of hydrogen-bond acceptors (Lipinski definition) is 8. The molecule has 1 aliphatic heterocycles. The van der Waals surface area contributed by atoms with Crippen molar-refractivity contribution in [2.75, 3.05) is 50.1 Å². The van der Waals surface area contributed by atoms with E-state index in [-0.39, 0.29) is 11.9 Å². The molecule has 150 valence electrons. The second kappa shape index (κ2) is 9.01. The van der Waals surface area contributed by atoms with Crippen molar-refractivity contribution in [2.45, 2.75) is 20.3 Å². The number of aryl methyl sites for hydroxylation is 1. The number of anilines is 2. The zero-order chi connectivity index (χ0) is 20.1. The Morgan fingerprint density at radius 3 is 2.75 bits per heavy atom. The molecule has 0 spiro atoms. The van der Waals surface area contributed by atoms with Gasteiger partial charge in [-0.1, -0.05) is 0 Å². The van der Waals surface area contributed by atoms with Crippen molar-refractivity contribution >= 4 is 34.2 Å². The second-order valence-corrected chi connectivity index (χ2v) is 7.25. The summed E-state index contributed by atoms with van der Waals surface area (Å²) in [5.74, 6) is 0.448. The summed E-state index contributed by atoms with van der Waals surface area (Å²) < 4.78 is 9.29. The molecule has 9 heteroatoms. The van der Waals surface area contributed by atoms with Crippen molar-refractivity contribution in [2.24, 2.45) is 0 Å². The molecule has 0 bridgehead atoms. The molecule has 0 unspecified atom stereocenters. The first kappa shape index (κ1) is 20.1. The lowest BCUT2D eigenvalue weighted by Crippen LogP contribution is -2.35. The van der Waals surface area contributed by atoms with Crippen LogP contribution in [0.1, 0.15) is 39.8 Å². The van der Waals surface area contributed by atoms with Crippen LogP contribution in [0.4, 0.5) is 10.8 Å². The van der Waals surface area contributed by atoms with Crippen molar-refractivity contribution in [3.8, 4) is 0 Å². The normalized spacial score (nSPS) is 14.5. The van der Waals surface area contributed by atoms with Gasteiger partial charge in [0.25, 0.3) is 5.91 Å². The lowest BCUT2D eigenvalue weighted by atomic mass is 10.2. The number of nitrogens with zero attached hydrogens (tertiary/aromatic N) is 4. The second-order valence-electron chi connectivity index (χ2n) is 6.48. The van der Waals surface area contributed by atoms with Crippen LogP contribution in [-0.4, -0.2) is 66.0 Å². The number of carbonyl (C=O) groups is 2. The number of amides is 1. The van der Waals surface area contributed by atoms with Gasteiger partial charge < -0.3 is 19.9 Å². The van der Waals surface area contributed by atoms with Crippen molar-refractivity contribution < 1.29 is 14.3 Å². The molecule has 2 aromatic rings. The summed E-state index contributed by atoms with van der Waals surface area (Å²) in [6.45, 7) is 6.76. The molecular formula is C19H25N5O3S. The fourth-order valence-corrected chi connectivity index (χ4v) is 3.95. The van der Waals surface area contributed by atoms with Gasteiger partial charge in [0.15, 0.2) is 0 Å². The topological polar surface area (TPSA) is 87.7 Å². The molecule has 1 N–H and O–H groups in total. The minimum Gasteiger partial charge on any atom is -0.462 e. The molecule has 1 amide bonds. The number of hydrogen-bond donors (Lipinski definition) is 1. The van der Waals surface area contributed by atoms with Crippen LogP contribution < -0.4 is 10.2 Å². The highest BCUT2D eigenvalue weighted by atomic mass is 32.1. The number of pyridine rings is 1. The monoisotopic (exact) mass is 403 g/mol. The van der Waals surface area contributed by atoms with Crippen molar-refractivity contribution in [1.29, 1.82) is 0 Å². The van der Waals surface area contributed by atoms with Gasteiger partial charge >= 0.3 is 5.97 Å². The van der Waals surface area contributed by atoms with Crippen molar-refractivity contribution in [1.82, 2.24) is 14.3 Å². The standard InChI is InChI=1S/C19H25N5O3S/c1-4-27-19(26)14-6-7-15(21-12-14)23-8-5-9-24(11-10-23)18(25)16-13(2)22-28-17(16)20-3/h6-7,12,20H,4-5,8-11H2,1-3H3. The van der Waals surface area contributed by atoms with E-state index in [9.17, 15) is 9.59 Å². The van der Waals surface area contributed by atoms with Crippen molar-refractivity contribution in [3.63, 3.8) is 0 Å². The zero-order valence-corrected chi connectivity index (χ0v) is 17.2. The van der Waals surface area contributed by atoms with Gasteiger partial charge in [0, 0.05) is 39.4 Å².